The number of pyridine rings is 1. The first-order valence-electron chi connectivity index (χ1n) is 7.68. The highest BCUT2D eigenvalue weighted by Crippen LogP contribution is 2.35. The number of aromatic nitrogens is 1. The van der Waals surface area contributed by atoms with Gasteiger partial charge in [-0.2, -0.15) is 13.2 Å². The van der Waals surface area contributed by atoms with Crippen LogP contribution in [0.2, 0.25) is 5.02 Å². The Balaban J connectivity index is 1.78. The highest BCUT2D eigenvalue weighted by atomic mass is 35.5. The summed E-state index contributed by atoms with van der Waals surface area (Å²) < 4.78 is 38.7. The molecule has 1 aliphatic carbocycles. The number of benzene rings is 1. The number of halogens is 4. The van der Waals surface area contributed by atoms with Gasteiger partial charge in [0, 0.05) is 25.0 Å². The molecule has 8 heteroatoms. The van der Waals surface area contributed by atoms with E-state index < -0.39 is 11.7 Å². The maximum Gasteiger partial charge on any atom is 0.416 e. The van der Waals surface area contributed by atoms with Gasteiger partial charge in [-0.3, -0.25) is 4.98 Å². The smallest absolute Gasteiger partial charge is 0.342 e. The minimum absolute atomic E-state index is 0.155. The summed E-state index contributed by atoms with van der Waals surface area (Å²) in [5.74, 6) is 0. The van der Waals surface area contributed by atoms with E-state index in [0.29, 0.717) is 11.7 Å². The molecule has 0 atom stereocenters. The molecule has 1 fully saturated rings. The average Bonchev–Trinajstić information content (AvgIpc) is 3.39. The zero-order valence-corrected chi connectivity index (χ0v) is 14.6. The fraction of sp³-hybridized carbons (Fsp3) is 0.294. The van der Waals surface area contributed by atoms with Gasteiger partial charge in [0.2, 0.25) is 0 Å². The van der Waals surface area contributed by atoms with E-state index in [0.717, 1.165) is 30.5 Å². The zero-order valence-electron chi connectivity index (χ0n) is 13.1. The van der Waals surface area contributed by atoms with Gasteiger partial charge in [-0.05, 0) is 61.0 Å². The first-order valence-corrected chi connectivity index (χ1v) is 8.46. The van der Waals surface area contributed by atoms with Gasteiger partial charge >= 0.3 is 6.18 Å². The van der Waals surface area contributed by atoms with Crippen LogP contribution in [0, 0.1) is 0 Å². The second-order valence-corrected chi connectivity index (χ2v) is 6.63. The van der Waals surface area contributed by atoms with Crippen molar-refractivity contribution in [2.75, 3.05) is 5.32 Å². The molecule has 0 saturated heterocycles. The van der Waals surface area contributed by atoms with Gasteiger partial charge in [-0.15, -0.1) is 0 Å². The number of nitrogens with one attached hydrogen (secondary N) is 1. The van der Waals surface area contributed by atoms with E-state index in [9.17, 15) is 13.2 Å². The molecular weight excluding hydrogens is 371 g/mol. The molecule has 3 rings (SSSR count). The Hall–Kier alpha value is -1.86. The van der Waals surface area contributed by atoms with E-state index in [1.54, 1.807) is 12.4 Å². The predicted molar refractivity (Wildman–Crippen MR) is 95.5 cm³/mol. The minimum atomic E-state index is -4.43. The molecule has 1 aromatic carbocycles. The largest absolute Gasteiger partial charge is 0.416 e. The van der Waals surface area contributed by atoms with Crippen molar-refractivity contribution < 1.29 is 13.2 Å². The molecule has 1 aromatic heterocycles. The Labute approximate surface area is 153 Å². The number of anilines is 1. The number of hydrogen-bond donors (Lipinski definition) is 1. The maximum absolute atomic E-state index is 12.9. The number of thiocarbonyl (C=S) groups is 1. The molecule has 1 aliphatic rings. The topological polar surface area (TPSA) is 28.2 Å². The third kappa shape index (κ3) is 4.61. The van der Waals surface area contributed by atoms with Crippen LogP contribution in [0.25, 0.3) is 0 Å². The van der Waals surface area contributed by atoms with E-state index in [1.165, 1.54) is 6.07 Å². The van der Waals surface area contributed by atoms with E-state index in [4.69, 9.17) is 23.8 Å². The summed E-state index contributed by atoms with van der Waals surface area (Å²) in [5.41, 5.74) is 0.414. The Morgan fingerprint density at radius 2 is 1.92 bits per heavy atom. The second kappa shape index (κ2) is 7.17. The molecule has 0 radical (unpaired) electrons. The second-order valence-electron chi connectivity index (χ2n) is 5.84. The first-order chi connectivity index (χ1) is 11.8. The maximum atomic E-state index is 12.9. The summed E-state index contributed by atoms with van der Waals surface area (Å²) in [4.78, 5) is 5.95. The van der Waals surface area contributed by atoms with Gasteiger partial charge in [0.25, 0.3) is 0 Å². The third-order valence-corrected chi connectivity index (χ3v) is 4.55. The molecule has 132 valence electrons. The fourth-order valence-electron chi connectivity index (χ4n) is 2.42. The van der Waals surface area contributed by atoms with Crippen LogP contribution in [0.1, 0.15) is 24.0 Å². The Morgan fingerprint density at radius 3 is 2.52 bits per heavy atom. The van der Waals surface area contributed by atoms with Gasteiger partial charge in [0.05, 0.1) is 16.3 Å². The summed E-state index contributed by atoms with van der Waals surface area (Å²) in [5, 5.41) is 3.43. The lowest BCUT2D eigenvalue weighted by Gasteiger charge is -2.26. The standard InChI is InChI=1S/C17H15ClF3N3S/c18-14-4-1-12(17(19,20)21)9-15(14)23-16(25)24(13-2-3-13)10-11-5-7-22-8-6-11/h1,4-9,13H,2-3,10H2,(H,23,25). The van der Waals surface area contributed by atoms with Gasteiger partial charge in [-0.1, -0.05) is 11.6 Å². The summed E-state index contributed by atoms with van der Waals surface area (Å²) >= 11 is 11.5. The molecular formula is C17H15ClF3N3S. The monoisotopic (exact) mass is 385 g/mol. The van der Waals surface area contributed by atoms with Gasteiger partial charge < -0.3 is 10.2 Å². The first kappa shape index (κ1) is 17.9. The molecule has 0 bridgehead atoms. The number of rotatable bonds is 4. The highest BCUT2D eigenvalue weighted by Gasteiger charge is 2.33. The lowest BCUT2D eigenvalue weighted by atomic mass is 10.2. The van der Waals surface area contributed by atoms with Crippen LogP contribution in [0.4, 0.5) is 18.9 Å². The molecule has 1 saturated carbocycles. The fourth-order valence-corrected chi connectivity index (χ4v) is 2.91. The van der Waals surface area contributed by atoms with E-state index in [-0.39, 0.29) is 16.8 Å². The Morgan fingerprint density at radius 1 is 1.24 bits per heavy atom. The van der Waals surface area contributed by atoms with Crippen molar-refractivity contribution in [3.05, 3.63) is 58.9 Å². The Kier molecular flexibility index (Phi) is 5.15. The molecule has 1 N–H and O–H groups in total. The van der Waals surface area contributed by atoms with Crippen molar-refractivity contribution in [1.29, 1.82) is 0 Å². The van der Waals surface area contributed by atoms with Crippen LogP contribution in [-0.2, 0) is 12.7 Å². The normalized spacial score (nSPS) is 14.2. The highest BCUT2D eigenvalue weighted by molar-refractivity contribution is 7.80. The van der Waals surface area contributed by atoms with Crippen molar-refractivity contribution in [2.24, 2.45) is 0 Å². The van der Waals surface area contributed by atoms with Crippen LogP contribution in [0.3, 0.4) is 0 Å². The molecule has 25 heavy (non-hydrogen) atoms. The number of hydrogen-bond acceptors (Lipinski definition) is 2. The Bertz CT molecular complexity index is 763. The summed E-state index contributed by atoms with van der Waals surface area (Å²) in [6.07, 6.45) is 0.962. The van der Waals surface area contributed by atoms with Gasteiger partial charge in [0.15, 0.2) is 5.11 Å². The molecule has 1 heterocycles. The van der Waals surface area contributed by atoms with Crippen LogP contribution in [-0.4, -0.2) is 21.0 Å². The third-order valence-electron chi connectivity index (χ3n) is 3.89. The van der Waals surface area contributed by atoms with Crippen LogP contribution >= 0.6 is 23.8 Å². The molecule has 0 spiro atoms. The van der Waals surface area contributed by atoms with Crippen molar-refractivity contribution in [2.45, 2.75) is 31.6 Å². The predicted octanol–water partition coefficient (Wildman–Crippen LogP) is 5.12. The van der Waals surface area contributed by atoms with Crippen LogP contribution in [0.5, 0.6) is 0 Å². The molecule has 3 nitrogen and oxygen atoms in total. The lowest BCUT2D eigenvalue weighted by molar-refractivity contribution is -0.137. The summed E-state index contributed by atoms with van der Waals surface area (Å²) in [7, 11) is 0. The average molecular weight is 386 g/mol. The van der Waals surface area contributed by atoms with E-state index in [1.807, 2.05) is 17.0 Å². The van der Waals surface area contributed by atoms with E-state index in [2.05, 4.69) is 10.3 Å². The van der Waals surface area contributed by atoms with Crippen molar-refractivity contribution in [3.8, 4) is 0 Å². The van der Waals surface area contributed by atoms with Gasteiger partial charge in [0.1, 0.15) is 0 Å². The summed E-state index contributed by atoms with van der Waals surface area (Å²) in [6, 6.07) is 7.21. The lowest BCUT2D eigenvalue weighted by Crippen LogP contribution is -2.36. The van der Waals surface area contributed by atoms with Crippen molar-refractivity contribution in [3.63, 3.8) is 0 Å². The van der Waals surface area contributed by atoms with Crippen molar-refractivity contribution >= 4 is 34.6 Å². The van der Waals surface area contributed by atoms with E-state index >= 15 is 0 Å². The minimum Gasteiger partial charge on any atom is -0.342 e. The molecule has 0 aliphatic heterocycles. The summed E-state index contributed by atoms with van der Waals surface area (Å²) in [6.45, 7) is 0.565. The molecule has 0 unspecified atom stereocenters. The SMILES string of the molecule is FC(F)(F)c1ccc(Cl)c(NC(=S)N(Cc2ccncc2)C2CC2)c1. The number of nitrogens with zero attached hydrogens (tertiary/aromatic N) is 2. The molecule has 2 aromatic rings. The van der Waals surface area contributed by atoms with Gasteiger partial charge in [-0.25, -0.2) is 0 Å². The zero-order chi connectivity index (χ0) is 18.0. The number of alkyl halides is 3. The van der Waals surface area contributed by atoms with Crippen LogP contribution in [0.15, 0.2) is 42.7 Å². The van der Waals surface area contributed by atoms with Crippen LogP contribution < -0.4 is 5.32 Å². The van der Waals surface area contributed by atoms with Crippen molar-refractivity contribution in [1.82, 2.24) is 9.88 Å². The quantitative estimate of drug-likeness (QED) is 0.740. The molecule has 0 amide bonds.